The molecule has 1 heterocycles. The van der Waals surface area contributed by atoms with E-state index in [2.05, 4.69) is 13.8 Å². The molecule has 0 aliphatic carbocycles. The average Bonchev–Trinajstić information content (AvgIpc) is 3.15. The summed E-state index contributed by atoms with van der Waals surface area (Å²) < 4.78 is 38.4. The van der Waals surface area contributed by atoms with E-state index in [4.69, 9.17) is 29.0 Å². The first kappa shape index (κ1) is 51.3. The Labute approximate surface area is 331 Å². The van der Waals surface area contributed by atoms with Gasteiger partial charge in [0.15, 0.2) is 12.4 Å². The van der Waals surface area contributed by atoms with Crippen LogP contribution in [-0.4, -0.2) is 89.2 Å². The second kappa shape index (κ2) is 33.3. The smallest absolute Gasteiger partial charge is 0.462 e. The highest BCUT2D eigenvalue weighted by atomic mass is 31.2. The first-order valence-electron chi connectivity index (χ1n) is 21.2. The van der Waals surface area contributed by atoms with Crippen molar-refractivity contribution in [3.05, 3.63) is 24.3 Å². The second-order valence-corrected chi connectivity index (χ2v) is 16.2. The van der Waals surface area contributed by atoms with Crippen LogP contribution in [0, 0.1) is 5.92 Å². The predicted molar refractivity (Wildman–Crippen MR) is 214 cm³/mol. The molecule has 6 N–H and O–H groups in total. The molecule has 0 radical (unpaired) electrons. The van der Waals surface area contributed by atoms with Crippen LogP contribution < -0.4 is 5.73 Å². The molecule has 0 spiro atoms. The molecule has 0 aromatic carbocycles. The van der Waals surface area contributed by atoms with E-state index in [1.807, 2.05) is 12.2 Å². The van der Waals surface area contributed by atoms with Crippen molar-refractivity contribution in [2.75, 3.05) is 26.4 Å². The number of phosphoric acid groups is 1. The lowest BCUT2D eigenvalue weighted by molar-refractivity contribution is -0.199. The third kappa shape index (κ3) is 28.4. The molecule has 0 saturated carbocycles. The zero-order valence-electron chi connectivity index (χ0n) is 33.9. The average molecular weight is 806 g/mol. The lowest BCUT2D eigenvalue weighted by Gasteiger charge is -2.36. The lowest BCUT2D eigenvalue weighted by atomic mass is 9.87. The predicted octanol–water partition coefficient (Wildman–Crippen LogP) is 7.71. The first-order valence-corrected chi connectivity index (χ1v) is 22.7. The normalized spacial score (nSPS) is 21.1. The molecule has 55 heavy (non-hydrogen) atoms. The van der Waals surface area contributed by atoms with Gasteiger partial charge in [-0.1, -0.05) is 134 Å². The fourth-order valence-electron chi connectivity index (χ4n) is 6.38. The highest BCUT2D eigenvalue weighted by molar-refractivity contribution is 7.47. The van der Waals surface area contributed by atoms with E-state index in [0.29, 0.717) is 32.1 Å². The summed E-state index contributed by atoms with van der Waals surface area (Å²) in [5.74, 6) is -1.33. The van der Waals surface area contributed by atoms with E-state index in [0.717, 1.165) is 38.5 Å². The summed E-state index contributed by atoms with van der Waals surface area (Å²) >= 11 is 0. The van der Waals surface area contributed by atoms with Crippen LogP contribution in [0.1, 0.15) is 162 Å². The quantitative estimate of drug-likeness (QED) is 0.0180. The van der Waals surface area contributed by atoms with Crippen LogP contribution in [0.25, 0.3) is 0 Å². The van der Waals surface area contributed by atoms with Crippen LogP contribution >= 0.6 is 7.82 Å². The molecule has 0 bridgehead atoms. The fourth-order valence-corrected chi connectivity index (χ4v) is 7.14. The minimum atomic E-state index is -4.44. The minimum absolute atomic E-state index is 0.0153. The summed E-state index contributed by atoms with van der Waals surface area (Å²) in [5, 5.41) is 30.9. The van der Waals surface area contributed by atoms with E-state index in [-0.39, 0.29) is 44.9 Å². The van der Waals surface area contributed by atoms with E-state index >= 15 is 0 Å². The molecule has 7 atom stereocenters. The number of aliphatic hydroxyl groups excluding tert-OH is 3. The molecule has 0 aromatic heterocycles. The number of allylic oxidation sites excluding steroid dienone is 2. The molecule has 14 heteroatoms. The summed E-state index contributed by atoms with van der Waals surface area (Å²) in [7, 11) is -4.44. The van der Waals surface area contributed by atoms with Crippen LogP contribution in [0.3, 0.4) is 0 Å². The number of hydrogen-bond donors (Lipinski definition) is 5. The summed E-state index contributed by atoms with van der Waals surface area (Å²) in [4.78, 5) is 35.0. The number of unbranched alkanes of at least 4 members (excludes halogenated alkanes) is 15. The van der Waals surface area contributed by atoms with Crippen LogP contribution in [0.2, 0.25) is 0 Å². The van der Waals surface area contributed by atoms with Crippen LogP contribution in [-0.2, 0) is 37.4 Å². The van der Waals surface area contributed by atoms with Crippen molar-refractivity contribution in [1.82, 2.24) is 0 Å². The Morgan fingerprint density at radius 1 is 0.818 bits per heavy atom. The number of carbonyl (C=O) groups excluding carboxylic acids is 2. The Morgan fingerprint density at radius 3 is 2.05 bits per heavy atom. The molecular weight excluding hydrogens is 729 g/mol. The fraction of sp³-hybridized carbons (Fsp3) is 0.854. The molecule has 1 saturated heterocycles. The van der Waals surface area contributed by atoms with E-state index in [1.54, 1.807) is 12.2 Å². The number of rotatable bonds is 35. The highest BCUT2D eigenvalue weighted by Gasteiger charge is 2.35. The molecule has 2 unspecified atom stereocenters. The van der Waals surface area contributed by atoms with Crippen molar-refractivity contribution in [1.29, 1.82) is 0 Å². The van der Waals surface area contributed by atoms with Gasteiger partial charge in [-0.05, 0) is 32.1 Å². The largest absolute Gasteiger partial charge is 0.472 e. The molecule has 0 aromatic rings. The van der Waals surface area contributed by atoms with E-state index in [1.165, 1.54) is 57.8 Å². The Morgan fingerprint density at radius 2 is 1.42 bits per heavy atom. The Balaban J connectivity index is 2.46. The number of nitrogens with two attached hydrogens (primary N) is 1. The molecule has 322 valence electrons. The van der Waals surface area contributed by atoms with Gasteiger partial charge < -0.3 is 40.2 Å². The molecule has 13 nitrogen and oxygen atoms in total. The van der Waals surface area contributed by atoms with Crippen molar-refractivity contribution >= 4 is 19.8 Å². The van der Waals surface area contributed by atoms with Crippen LogP contribution in [0.4, 0.5) is 0 Å². The van der Waals surface area contributed by atoms with Crippen molar-refractivity contribution < 1.29 is 57.6 Å². The molecule has 1 rings (SSSR count). The number of phosphoric ester groups is 1. The third-order valence-corrected chi connectivity index (χ3v) is 10.6. The molecule has 1 aliphatic heterocycles. The lowest BCUT2D eigenvalue weighted by Crippen LogP contribution is -2.43. The summed E-state index contributed by atoms with van der Waals surface area (Å²) in [6, 6.07) is 0. The van der Waals surface area contributed by atoms with Crippen molar-refractivity contribution in [2.45, 2.75) is 192 Å². The van der Waals surface area contributed by atoms with Crippen LogP contribution in [0.5, 0.6) is 0 Å². The number of hydrogen-bond acceptors (Lipinski definition) is 12. The SMILES string of the molecule is CCCCCCCCCCCCCCCC(=O)O[C@H](COC(=O)CCC/C=C\C[C@H]1[C@@H](O)CC(O)O[C@@H]1/C=C/[C@@H](O)CCCCC)COP(=O)(O)OCCN. The zero-order valence-corrected chi connectivity index (χ0v) is 34.8. The van der Waals surface area contributed by atoms with Crippen molar-refractivity contribution in [2.24, 2.45) is 11.7 Å². The monoisotopic (exact) mass is 806 g/mol. The van der Waals surface area contributed by atoms with E-state index < -0.39 is 57.1 Å². The Bertz CT molecular complexity index is 1080. The van der Waals surface area contributed by atoms with Gasteiger partial charge in [0, 0.05) is 31.7 Å². The molecular formula is C41H76NO12P. The van der Waals surface area contributed by atoms with Gasteiger partial charge in [-0.15, -0.1) is 0 Å². The third-order valence-electron chi connectivity index (χ3n) is 9.64. The maximum absolute atomic E-state index is 12.6. The number of carbonyl (C=O) groups is 2. The topological polar surface area (TPSA) is 204 Å². The van der Waals surface area contributed by atoms with Gasteiger partial charge in [0.1, 0.15) is 6.61 Å². The second-order valence-electron chi connectivity index (χ2n) is 14.7. The van der Waals surface area contributed by atoms with Gasteiger partial charge in [0.2, 0.25) is 0 Å². The molecule has 0 amide bonds. The standard InChI is InChI=1S/C41H76NO12P/c1-3-5-7-8-9-10-11-12-13-14-15-16-22-26-40(46)53-35(33-52-55(48,49)51-30-29-42)32-50-39(45)25-21-18-17-20-24-36-37(44)31-41(47)54-38(36)28-27-34(43)23-19-6-4-2/h17,20,27-28,34-38,41,43-44,47H,3-16,18-19,21-26,29-33,42H2,1-2H3,(H,48,49)/b20-17-,28-27+/t34-,35+,36-,37-,38+,41?/m0/s1. The summed E-state index contributed by atoms with van der Waals surface area (Å²) in [5.41, 5.74) is 5.34. The van der Waals surface area contributed by atoms with Gasteiger partial charge >= 0.3 is 19.8 Å². The van der Waals surface area contributed by atoms with Gasteiger partial charge in [-0.3, -0.25) is 18.6 Å². The van der Waals surface area contributed by atoms with Crippen LogP contribution in [0.15, 0.2) is 24.3 Å². The van der Waals surface area contributed by atoms with Gasteiger partial charge in [-0.2, -0.15) is 0 Å². The first-order chi connectivity index (χ1) is 26.5. The number of ether oxygens (including phenoxy) is 3. The number of aliphatic hydroxyl groups is 3. The van der Waals surface area contributed by atoms with Crippen molar-refractivity contribution in [3.63, 3.8) is 0 Å². The van der Waals surface area contributed by atoms with Gasteiger partial charge in [-0.25, -0.2) is 4.57 Å². The van der Waals surface area contributed by atoms with Crippen molar-refractivity contribution in [3.8, 4) is 0 Å². The number of esters is 2. The molecule has 1 aliphatic rings. The maximum atomic E-state index is 12.6. The summed E-state index contributed by atoms with van der Waals surface area (Å²) in [6.45, 7) is 3.31. The minimum Gasteiger partial charge on any atom is -0.462 e. The van der Waals surface area contributed by atoms with E-state index in [9.17, 15) is 34.4 Å². The zero-order chi connectivity index (χ0) is 40.6. The molecule has 1 fully saturated rings. The van der Waals surface area contributed by atoms with Gasteiger partial charge in [0.05, 0.1) is 31.5 Å². The van der Waals surface area contributed by atoms with Gasteiger partial charge in [0.25, 0.3) is 0 Å². The summed E-state index contributed by atoms with van der Waals surface area (Å²) in [6.07, 6.45) is 24.0. The Kier molecular flexibility index (Phi) is 31.1. The maximum Gasteiger partial charge on any atom is 0.472 e. The Hall–Kier alpha value is -1.67. The highest BCUT2D eigenvalue weighted by Crippen LogP contribution is 2.43.